The fourth-order valence-electron chi connectivity index (χ4n) is 3.48. The van der Waals surface area contributed by atoms with E-state index in [9.17, 15) is 18.8 Å². The molecule has 0 heterocycles. The van der Waals surface area contributed by atoms with E-state index in [1.807, 2.05) is 0 Å². The average molecular weight is 673 g/mol. The Morgan fingerprint density at radius 1 is 0.878 bits per heavy atom. The van der Waals surface area contributed by atoms with Gasteiger partial charge in [-0.25, -0.2) is 4.39 Å². The van der Waals surface area contributed by atoms with Crippen molar-refractivity contribution < 1.29 is 18.8 Å². The minimum atomic E-state index is -0.573. The van der Waals surface area contributed by atoms with Gasteiger partial charge in [0.25, 0.3) is 11.8 Å². The van der Waals surface area contributed by atoms with Crippen molar-refractivity contribution in [3.63, 3.8) is 0 Å². The van der Waals surface area contributed by atoms with Gasteiger partial charge < -0.3 is 16.0 Å². The predicted octanol–water partition coefficient (Wildman–Crippen LogP) is 8.04. The number of anilines is 2. The van der Waals surface area contributed by atoms with Crippen LogP contribution in [0.1, 0.15) is 15.9 Å². The summed E-state index contributed by atoms with van der Waals surface area (Å²) in [4.78, 5) is 39.1. The first-order chi connectivity index (χ1) is 19.7. The lowest BCUT2D eigenvalue weighted by Gasteiger charge is -2.12. The van der Waals surface area contributed by atoms with Gasteiger partial charge in [-0.2, -0.15) is 0 Å². The molecule has 11 heteroatoms. The van der Waals surface area contributed by atoms with Crippen LogP contribution in [0.3, 0.4) is 0 Å². The quantitative estimate of drug-likeness (QED) is 0.124. The molecule has 0 fully saturated rings. The highest BCUT2D eigenvalue weighted by atomic mass is 79.9. The number of hydrogen-bond acceptors (Lipinski definition) is 4. The monoisotopic (exact) mass is 671 g/mol. The molecule has 0 aliphatic heterocycles. The largest absolute Gasteiger partial charge is 0.323 e. The average Bonchev–Trinajstić information content (AvgIpc) is 2.95. The number of benzene rings is 4. The van der Waals surface area contributed by atoms with Gasteiger partial charge in [0.2, 0.25) is 5.91 Å². The summed E-state index contributed by atoms with van der Waals surface area (Å²) in [7, 11) is 0. The molecule has 6 nitrogen and oxygen atoms in total. The highest BCUT2D eigenvalue weighted by Crippen LogP contribution is 2.25. The first-order valence-electron chi connectivity index (χ1n) is 12.0. The second-order valence-electron chi connectivity index (χ2n) is 8.48. The minimum absolute atomic E-state index is 0.0293. The normalized spacial score (nSPS) is 11.1. The van der Waals surface area contributed by atoms with E-state index in [4.69, 9.17) is 23.2 Å². The van der Waals surface area contributed by atoms with Gasteiger partial charge in [0.1, 0.15) is 11.5 Å². The second-order valence-corrected chi connectivity index (χ2v) is 11.3. The van der Waals surface area contributed by atoms with E-state index in [0.29, 0.717) is 31.3 Å². The van der Waals surface area contributed by atoms with Gasteiger partial charge in [0.05, 0.1) is 11.4 Å². The molecule has 0 spiro atoms. The zero-order valence-electron chi connectivity index (χ0n) is 21.1. The molecule has 0 aliphatic carbocycles. The molecule has 0 radical (unpaired) electrons. The molecule has 0 bridgehead atoms. The summed E-state index contributed by atoms with van der Waals surface area (Å²) in [5.74, 6) is -1.88. The van der Waals surface area contributed by atoms with Crippen LogP contribution in [0.25, 0.3) is 6.08 Å². The highest BCUT2D eigenvalue weighted by molar-refractivity contribution is 9.10. The maximum atomic E-state index is 14.0. The molecule has 41 heavy (non-hydrogen) atoms. The van der Waals surface area contributed by atoms with Crippen molar-refractivity contribution in [1.29, 1.82) is 0 Å². The minimum Gasteiger partial charge on any atom is -0.323 e. The van der Waals surface area contributed by atoms with Crippen LogP contribution in [0.5, 0.6) is 0 Å². The SMILES string of the molecule is O=C(CSc1ccc(NC(=O)/C(=C/c2ccc(Cl)cc2Cl)NC(=O)c2ccccc2)cc1)Nc1ccc(Br)cc1F. The summed E-state index contributed by atoms with van der Waals surface area (Å²) < 4.78 is 14.5. The van der Waals surface area contributed by atoms with Gasteiger partial charge in [0.15, 0.2) is 0 Å². The smallest absolute Gasteiger partial charge is 0.272 e. The van der Waals surface area contributed by atoms with Gasteiger partial charge in [0, 0.05) is 30.7 Å². The van der Waals surface area contributed by atoms with E-state index >= 15 is 0 Å². The van der Waals surface area contributed by atoms with Gasteiger partial charge in [-0.1, -0.05) is 63.4 Å². The third-order valence-corrected chi connectivity index (χ3v) is 7.55. The van der Waals surface area contributed by atoms with Crippen molar-refractivity contribution in [2.24, 2.45) is 0 Å². The van der Waals surface area contributed by atoms with E-state index in [2.05, 4.69) is 31.9 Å². The maximum Gasteiger partial charge on any atom is 0.272 e. The first-order valence-corrected chi connectivity index (χ1v) is 14.5. The first kappa shape index (κ1) is 30.3. The Hall–Kier alpha value is -3.63. The van der Waals surface area contributed by atoms with Crippen LogP contribution >= 0.6 is 50.9 Å². The van der Waals surface area contributed by atoms with Crippen molar-refractivity contribution in [3.8, 4) is 0 Å². The summed E-state index contributed by atoms with van der Waals surface area (Å²) >= 11 is 16.7. The number of thioether (sulfide) groups is 1. The summed E-state index contributed by atoms with van der Waals surface area (Å²) in [6, 6.07) is 24.5. The van der Waals surface area contributed by atoms with Crippen LogP contribution in [-0.4, -0.2) is 23.5 Å². The second kappa shape index (κ2) is 14.3. The third kappa shape index (κ3) is 8.93. The molecule has 0 aromatic heterocycles. The van der Waals surface area contributed by atoms with Gasteiger partial charge >= 0.3 is 0 Å². The topological polar surface area (TPSA) is 87.3 Å². The zero-order valence-corrected chi connectivity index (χ0v) is 25.0. The van der Waals surface area contributed by atoms with Gasteiger partial charge in [-0.15, -0.1) is 11.8 Å². The molecule has 0 saturated heterocycles. The lowest BCUT2D eigenvalue weighted by atomic mass is 10.1. The molecular formula is C30H21BrCl2FN3O3S. The number of nitrogens with one attached hydrogen (secondary N) is 3. The highest BCUT2D eigenvalue weighted by Gasteiger charge is 2.16. The fourth-order valence-corrected chi connectivity index (χ4v) is 4.97. The molecule has 0 atom stereocenters. The Balaban J connectivity index is 1.42. The van der Waals surface area contributed by atoms with Crippen molar-refractivity contribution in [1.82, 2.24) is 5.32 Å². The van der Waals surface area contributed by atoms with Gasteiger partial charge in [-0.3, -0.25) is 14.4 Å². The number of amides is 3. The van der Waals surface area contributed by atoms with Crippen LogP contribution in [0, 0.1) is 5.82 Å². The molecule has 4 aromatic rings. The van der Waals surface area contributed by atoms with Crippen molar-refractivity contribution in [2.75, 3.05) is 16.4 Å². The van der Waals surface area contributed by atoms with E-state index in [-0.39, 0.29) is 23.0 Å². The molecule has 4 aromatic carbocycles. The van der Waals surface area contributed by atoms with Crippen molar-refractivity contribution in [3.05, 3.63) is 128 Å². The van der Waals surface area contributed by atoms with Crippen molar-refractivity contribution >= 4 is 86.1 Å². The number of carbonyl (C=O) groups is 3. The third-order valence-electron chi connectivity index (χ3n) is 5.48. The summed E-state index contributed by atoms with van der Waals surface area (Å²) in [6.07, 6.45) is 1.46. The van der Waals surface area contributed by atoms with E-state index in [0.717, 1.165) is 4.90 Å². The van der Waals surface area contributed by atoms with Crippen molar-refractivity contribution in [2.45, 2.75) is 4.90 Å². The summed E-state index contributed by atoms with van der Waals surface area (Å²) in [5, 5.41) is 8.70. The Bertz CT molecular complexity index is 1620. The van der Waals surface area contributed by atoms with Crippen LogP contribution < -0.4 is 16.0 Å². The molecule has 3 amide bonds. The molecular weight excluding hydrogens is 652 g/mol. The summed E-state index contributed by atoms with van der Waals surface area (Å²) in [5.41, 5.74) is 1.39. The zero-order chi connectivity index (χ0) is 29.4. The van der Waals surface area contributed by atoms with E-state index in [1.54, 1.807) is 72.8 Å². The van der Waals surface area contributed by atoms with Crippen LogP contribution in [0.15, 0.2) is 106 Å². The number of carbonyl (C=O) groups excluding carboxylic acids is 3. The number of rotatable bonds is 9. The van der Waals surface area contributed by atoms with Crippen LogP contribution in [-0.2, 0) is 9.59 Å². The Kier molecular flexibility index (Phi) is 10.6. The van der Waals surface area contributed by atoms with E-state index in [1.165, 1.54) is 36.0 Å². The maximum absolute atomic E-state index is 14.0. The molecule has 4 rings (SSSR count). The lowest BCUT2D eigenvalue weighted by Crippen LogP contribution is -2.30. The molecule has 3 N–H and O–H groups in total. The Morgan fingerprint density at radius 3 is 2.29 bits per heavy atom. The fraction of sp³-hybridized carbons (Fsp3) is 0.0333. The predicted molar refractivity (Wildman–Crippen MR) is 167 cm³/mol. The van der Waals surface area contributed by atoms with Gasteiger partial charge in [-0.05, 0) is 78.4 Å². The lowest BCUT2D eigenvalue weighted by molar-refractivity contribution is -0.114. The molecule has 0 unspecified atom stereocenters. The molecule has 0 aliphatic rings. The Morgan fingerprint density at radius 2 is 1.61 bits per heavy atom. The standard InChI is InChI=1S/C30H21BrCl2FN3O3S/c31-20-7-13-26(25(34)15-20)36-28(38)17-41-23-11-9-22(10-12-23)35-30(40)27(14-19-6-8-21(32)16-24(19)33)37-29(39)18-4-2-1-3-5-18/h1-16H,17H2,(H,35,40)(H,36,38)(H,37,39)/b27-14-. The Labute approximate surface area is 258 Å². The molecule has 0 saturated carbocycles. The number of hydrogen-bond donors (Lipinski definition) is 3. The van der Waals surface area contributed by atoms with E-state index < -0.39 is 17.6 Å². The van der Waals surface area contributed by atoms with Crippen LogP contribution in [0.4, 0.5) is 15.8 Å². The van der Waals surface area contributed by atoms with Crippen LogP contribution in [0.2, 0.25) is 10.0 Å². The summed E-state index contributed by atoms with van der Waals surface area (Å²) in [6.45, 7) is 0. The molecule has 208 valence electrons. The number of halogens is 4.